The zero-order chi connectivity index (χ0) is 17.5. The van der Waals surface area contributed by atoms with Crippen LogP contribution in [0.25, 0.3) is 0 Å². The molecule has 25 heavy (non-hydrogen) atoms. The molecule has 0 radical (unpaired) electrons. The maximum absolute atomic E-state index is 5.07. The maximum atomic E-state index is 5.07. The Bertz CT molecular complexity index is 659. The molecule has 0 bridgehead atoms. The number of nitrogens with one attached hydrogen (secondary N) is 1. The fraction of sp³-hybridized carbons (Fsp3) is 0.529. The molecule has 0 atom stereocenters. The second kappa shape index (κ2) is 8.57. The van der Waals surface area contributed by atoms with Crippen molar-refractivity contribution in [1.29, 1.82) is 0 Å². The number of ether oxygens (including phenoxy) is 1. The van der Waals surface area contributed by atoms with Gasteiger partial charge in [0.2, 0.25) is 5.95 Å². The molecular weight excluding hydrogens is 318 g/mol. The first kappa shape index (κ1) is 17.3. The van der Waals surface area contributed by atoms with E-state index in [9.17, 15) is 0 Å². The maximum Gasteiger partial charge on any atom is 0.225 e. The Hall–Kier alpha value is -2.48. The summed E-state index contributed by atoms with van der Waals surface area (Å²) >= 11 is 0. The number of rotatable bonds is 7. The lowest BCUT2D eigenvalue weighted by molar-refractivity contribution is 0.198. The molecule has 8 heteroatoms. The summed E-state index contributed by atoms with van der Waals surface area (Å²) in [6.45, 7) is 7.04. The Morgan fingerprint density at radius 1 is 1.08 bits per heavy atom. The Morgan fingerprint density at radius 3 is 2.52 bits per heavy atom. The predicted octanol–water partition coefficient (Wildman–Crippen LogP) is 1.35. The van der Waals surface area contributed by atoms with E-state index in [1.807, 2.05) is 19.1 Å². The van der Waals surface area contributed by atoms with Gasteiger partial charge in [0.15, 0.2) is 0 Å². The highest BCUT2D eigenvalue weighted by atomic mass is 16.5. The molecule has 0 aliphatic carbocycles. The van der Waals surface area contributed by atoms with Crippen molar-refractivity contribution >= 4 is 17.6 Å². The Morgan fingerprint density at radius 2 is 1.80 bits per heavy atom. The molecule has 1 aliphatic rings. The van der Waals surface area contributed by atoms with Crippen LogP contribution in [0.1, 0.15) is 12.2 Å². The number of nitrogens with zero attached hydrogens (tertiary/aromatic N) is 6. The van der Waals surface area contributed by atoms with E-state index in [2.05, 4.69) is 35.1 Å². The van der Waals surface area contributed by atoms with Gasteiger partial charge in [0.05, 0.1) is 0 Å². The van der Waals surface area contributed by atoms with Crippen molar-refractivity contribution in [3.05, 3.63) is 30.4 Å². The van der Waals surface area contributed by atoms with Crippen LogP contribution in [0.3, 0.4) is 0 Å². The molecule has 134 valence electrons. The summed E-state index contributed by atoms with van der Waals surface area (Å²) in [5.74, 6) is 3.41. The molecule has 2 aromatic rings. The molecule has 1 saturated heterocycles. The number of aromatic nitrogens is 4. The molecular formula is C17H25N7O. The normalized spacial score (nSPS) is 14.6. The van der Waals surface area contributed by atoms with Gasteiger partial charge >= 0.3 is 0 Å². The van der Waals surface area contributed by atoms with Crippen molar-refractivity contribution in [2.24, 2.45) is 0 Å². The molecule has 3 rings (SSSR count). The molecule has 1 N–H and O–H groups in total. The van der Waals surface area contributed by atoms with Gasteiger partial charge in [-0.2, -0.15) is 0 Å². The third kappa shape index (κ3) is 4.76. The van der Waals surface area contributed by atoms with E-state index in [0.717, 1.165) is 69.2 Å². The van der Waals surface area contributed by atoms with Crippen molar-refractivity contribution in [2.75, 3.05) is 61.6 Å². The van der Waals surface area contributed by atoms with E-state index in [0.29, 0.717) is 0 Å². The standard InChI is InChI=1S/C17H25N7O/c1-14-21-15(18-7-4-12-25-2)13-16(22-14)23-8-10-24(11-9-23)17-19-5-3-6-20-17/h3,5-6,13H,4,7-12H2,1-2H3,(H,18,21,22). The van der Waals surface area contributed by atoms with Gasteiger partial charge in [0, 0.05) is 64.9 Å². The highest BCUT2D eigenvalue weighted by Gasteiger charge is 2.20. The number of aryl methyl sites for hydroxylation is 1. The van der Waals surface area contributed by atoms with Crippen LogP contribution < -0.4 is 15.1 Å². The first-order chi connectivity index (χ1) is 12.3. The first-order valence-corrected chi connectivity index (χ1v) is 8.61. The lowest BCUT2D eigenvalue weighted by atomic mass is 10.3. The van der Waals surface area contributed by atoms with Crippen molar-refractivity contribution in [3.63, 3.8) is 0 Å². The molecule has 3 heterocycles. The molecule has 0 aromatic carbocycles. The highest BCUT2D eigenvalue weighted by Crippen LogP contribution is 2.19. The Kier molecular flexibility index (Phi) is 5.95. The van der Waals surface area contributed by atoms with E-state index < -0.39 is 0 Å². The SMILES string of the molecule is COCCCNc1cc(N2CCN(c3ncccn3)CC2)nc(C)n1. The fourth-order valence-electron chi connectivity index (χ4n) is 2.83. The van der Waals surface area contributed by atoms with Gasteiger partial charge in [0.1, 0.15) is 17.5 Å². The topological polar surface area (TPSA) is 79.3 Å². The van der Waals surface area contributed by atoms with Crippen LogP contribution in [0, 0.1) is 6.92 Å². The van der Waals surface area contributed by atoms with Gasteiger partial charge in [-0.25, -0.2) is 19.9 Å². The molecule has 1 fully saturated rings. The third-order valence-corrected chi connectivity index (χ3v) is 4.09. The van der Waals surface area contributed by atoms with Crippen molar-refractivity contribution in [1.82, 2.24) is 19.9 Å². The minimum atomic E-state index is 0.743. The molecule has 2 aromatic heterocycles. The second-order valence-electron chi connectivity index (χ2n) is 5.95. The first-order valence-electron chi connectivity index (χ1n) is 8.61. The third-order valence-electron chi connectivity index (χ3n) is 4.09. The van der Waals surface area contributed by atoms with Crippen molar-refractivity contribution in [3.8, 4) is 0 Å². The summed E-state index contributed by atoms with van der Waals surface area (Å²) in [6, 6.07) is 3.86. The lowest BCUT2D eigenvalue weighted by Gasteiger charge is -2.35. The van der Waals surface area contributed by atoms with E-state index >= 15 is 0 Å². The van der Waals surface area contributed by atoms with Gasteiger partial charge in [0.25, 0.3) is 0 Å². The fourth-order valence-corrected chi connectivity index (χ4v) is 2.83. The molecule has 0 spiro atoms. The van der Waals surface area contributed by atoms with Crippen LogP contribution in [0.4, 0.5) is 17.6 Å². The van der Waals surface area contributed by atoms with Crippen LogP contribution in [0.15, 0.2) is 24.5 Å². The highest BCUT2D eigenvalue weighted by molar-refractivity contribution is 5.50. The zero-order valence-corrected chi connectivity index (χ0v) is 14.9. The number of hydrogen-bond donors (Lipinski definition) is 1. The van der Waals surface area contributed by atoms with Gasteiger partial charge in [-0.15, -0.1) is 0 Å². The summed E-state index contributed by atoms with van der Waals surface area (Å²) in [5.41, 5.74) is 0. The minimum Gasteiger partial charge on any atom is -0.385 e. The summed E-state index contributed by atoms with van der Waals surface area (Å²) in [7, 11) is 1.72. The lowest BCUT2D eigenvalue weighted by Crippen LogP contribution is -2.47. The van der Waals surface area contributed by atoms with Crippen LogP contribution in [-0.2, 0) is 4.74 Å². The summed E-state index contributed by atoms with van der Waals surface area (Å²) in [6.07, 6.45) is 4.51. The number of hydrogen-bond acceptors (Lipinski definition) is 8. The Labute approximate surface area is 148 Å². The summed E-state index contributed by atoms with van der Waals surface area (Å²) < 4.78 is 5.07. The molecule has 8 nitrogen and oxygen atoms in total. The Balaban J connectivity index is 1.60. The monoisotopic (exact) mass is 343 g/mol. The molecule has 0 saturated carbocycles. The van der Waals surface area contributed by atoms with E-state index in [4.69, 9.17) is 4.74 Å². The van der Waals surface area contributed by atoms with E-state index in [1.54, 1.807) is 19.5 Å². The predicted molar refractivity (Wildman–Crippen MR) is 98.2 cm³/mol. The van der Waals surface area contributed by atoms with Gasteiger partial charge in [-0.05, 0) is 19.4 Å². The van der Waals surface area contributed by atoms with Crippen molar-refractivity contribution in [2.45, 2.75) is 13.3 Å². The minimum absolute atomic E-state index is 0.743. The second-order valence-corrected chi connectivity index (χ2v) is 5.95. The van der Waals surface area contributed by atoms with Crippen LogP contribution in [0.5, 0.6) is 0 Å². The molecule has 0 amide bonds. The van der Waals surface area contributed by atoms with Gasteiger partial charge in [-0.3, -0.25) is 0 Å². The number of methoxy groups -OCH3 is 1. The molecule has 1 aliphatic heterocycles. The smallest absolute Gasteiger partial charge is 0.225 e. The molecule has 0 unspecified atom stereocenters. The van der Waals surface area contributed by atoms with E-state index in [-0.39, 0.29) is 0 Å². The number of piperazine rings is 1. The quantitative estimate of drug-likeness (QED) is 0.755. The van der Waals surface area contributed by atoms with Crippen molar-refractivity contribution < 1.29 is 4.74 Å². The van der Waals surface area contributed by atoms with Gasteiger partial charge in [-0.1, -0.05) is 0 Å². The average molecular weight is 343 g/mol. The zero-order valence-electron chi connectivity index (χ0n) is 14.9. The number of anilines is 3. The largest absolute Gasteiger partial charge is 0.385 e. The van der Waals surface area contributed by atoms with Crippen LogP contribution >= 0.6 is 0 Å². The average Bonchev–Trinajstić information content (AvgIpc) is 2.66. The summed E-state index contributed by atoms with van der Waals surface area (Å²) in [4.78, 5) is 22.2. The van der Waals surface area contributed by atoms with Crippen LogP contribution in [-0.4, -0.2) is 66.4 Å². The van der Waals surface area contributed by atoms with Gasteiger partial charge < -0.3 is 19.9 Å². The van der Waals surface area contributed by atoms with E-state index in [1.165, 1.54) is 0 Å². The summed E-state index contributed by atoms with van der Waals surface area (Å²) in [5, 5.41) is 3.35. The van der Waals surface area contributed by atoms with Crippen LogP contribution in [0.2, 0.25) is 0 Å².